The average Bonchev–Trinajstić information content (AvgIpc) is 2.08. The highest BCUT2D eigenvalue weighted by atomic mass is 16.3. The molecule has 0 amide bonds. The van der Waals surface area contributed by atoms with Gasteiger partial charge in [0, 0.05) is 0 Å². The molecule has 0 atom stereocenters. The van der Waals surface area contributed by atoms with Gasteiger partial charge in [-0.1, -0.05) is 32.6 Å². The molecule has 0 heterocycles. The summed E-state index contributed by atoms with van der Waals surface area (Å²) in [5, 5.41) is 18.1. The molecule has 0 aliphatic heterocycles. The highest BCUT2D eigenvalue weighted by Crippen LogP contribution is 2.44. The average molecular weight is 181 g/mol. The van der Waals surface area contributed by atoms with Gasteiger partial charge in [0.1, 0.15) is 0 Å². The molecule has 0 spiro atoms. The summed E-state index contributed by atoms with van der Waals surface area (Å²) in [5.74, 6) is 0. The first-order chi connectivity index (χ1) is 6.22. The predicted molar refractivity (Wildman–Crippen MR) is 52.0 cm³/mol. The van der Waals surface area contributed by atoms with Crippen LogP contribution >= 0.6 is 0 Å². The van der Waals surface area contributed by atoms with E-state index in [1.54, 1.807) is 0 Å². The molecular weight excluding hydrogens is 162 g/mol. The van der Waals surface area contributed by atoms with E-state index in [-0.39, 0.29) is 11.5 Å². The Morgan fingerprint density at radius 2 is 2.08 bits per heavy atom. The molecule has 0 saturated heterocycles. The van der Waals surface area contributed by atoms with Crippen LogP contribution in [-0.2, 0) is 0 Å². The zero-order chi connectivity index (χ0) is 9.73. The molecule has 1 aliphatic carbocycles. The van der Waals surface area contributed by atoms with Crippen LogP contribution in [0.5, 0.6) is 0 Å². The minimum Gasteiger partial charge on any atom is -0.393 e. The van der Waals surface area contributed by atoms with Gasteiger partial charge in [0.05, 0.1) is 17.6 Å². The van der Waals surface area contributed by atoms with Crippen molar-refractivity contribution in [1.82, 2.24) is 0 Å². The maximum atomic E-state index is 9.17. The van der Waals surface area contributed by atoms with Crippen molar-refractivity contribution in [3.63, 3.8) is 0 Å². The van der Waals surface area contributed by atoms with Gasteiger partial charge < -0.3 is 5.11 Å². The van der Waals surface area contributed by atoms with E-state index < -0.39 is 0 Å². The van der Waals surface area contributed by atoms with Crippen molar-refractivity contribution in [2.75, 3.05) is 0 Å². The Bertz CT molecular complexity index is 189. The quantitative estimate of drug-likeness (QED) is 0.662. The second-order valence-electron chi connectivity index (χ2n) is 4.26. The van der Waals surface area contributed by atoms with Crippen molar-refractivity contribution in [1.29, 1.82) is 5.26 Å². The molecule has 0 aromatic carbocycles. The van der Waals surface area contributed by atoms with E-state index in [1.807, 2.05) is 0 Å². The molecule has 2 nitrogen and oxygen atoms in total. The second kappa shape index (κ2) is 4.62. The number of hydrogen-bond donors (Lipinski definition) is 1. The Morgan fingerprint density at radius 1 is 1.38 bits per heavy atom. The molecule has 0 aromatic rings. The molecular formula is C11H19NO. The summed E-state index contributed by atoms with van der Waals surface area (Å²) < 4.78 is 0. The number of aliphatic hydroxyl groups is 1. The fourth-order valence-corrected chi connectivity index (χ4v) is 2.08. The van der Waals surface area contributed by atoms with E-state index in [0.29, 0.717) is 12.8 Å². The third kappa shape index (κ3) is 2.70. The van der Waals surface area contributed by atoms with Crippen LogP contribution in [0.1, 0.15) is 51.9 Å². The number of nitrogens with zero attached hydrogens (tertiary/aromatic N) is 1. The zero-order valence-corrected chi connectivity index (χ0v) is 8.42. The molecule has 13 heavy (non-hydrogen) atoms. The van der Waals surface area contributed by atoms with Crippen molar-refractivity contribution in [3.8, 4) is 6.07 Å². The molecule has 1 fully saturated rings. The van der Waals surface area contributed by atoms with Crippen LogP contribution in [0.2, 0.25) is 0 Å². The van der Waals surface area contributed by atoms with Gasteiger partial charge in [0.25, 0.3) is 0 Å². The summed E-state index contributed by atoms with van der Waals surface area (Å²) in [6.07, 6.45) is 7.08. The largest absolute Gasteiger partial charge is 0.393 e. The summed E-state index contributed by atoms with van der Waals surface area (Å²) >= 11 is 0. The van der Waals surface area contributed by atoms with Crippen LogP contribution in [0.4, 0.5) is 0 Å². The molecule has 1 saturated carbocycles. The van der Waals surface area contributed by atoms with Gasteiger partial charge in [0.2, 0.25) is 0 Å². The molecule has 1 rings (SSSR count). The predicted octanol–water partition coefficient (Wildman–Crippen LogP) is 2.62. The summed E-state index contributed by atoms with van der Waals surface area (Å²) in [7, 11) is 0. The Balaban J connectivity index is 2.16. The van der Waals surface area contributed by atoms with E-state index in [0.717, 1.165) is 12.8 Å². The van der Waals surface area contributed by atoms with E-state index in [1.165, 1.54) is 19.3 Å². The Morgan fingerprint density at radius 3 is 2.54 bits per heavy atom. The molecule has 0 aromatic heterocycles. The van der Waals surface area contributed by atoms with Gasteiger partial charge in [-0.3, -0.25) is 0 Å². The Labute approximate surface area is 80.6 Å². The standard InChI is InChI=1S/C11H19NO/c1-2-3-4-5-6-11(9-12)7-10(13)8-11/h10,13H,2-8H2,1H3. The van der Waals surface area contributed by atoms with Crippen LogP contribution < -0.4 is 0 Å². The first-order valence-electron chi connectivity index (χ1n) is 5.32. The summed E-state index contributed by atoms with van der Waals surface area (Å²) in [6, 6.07) is 2.36. The topological polar surface area (TPSA) is 44.0 Å². The monoisotopic (exact) mass is 181 g/mol. The first-order valence-corrected chi connectivity index (χ1v) is 5.32. The number of hydrogen-bond acceptors (Lipinski definition) is 2. The van der Waals surface area contributed by atoms with Gasteiger partial charge >= 0.3 is 0 Å². The number of unbranched alkanes of at least 4 members (excludes halogenated alkanes) is 3. The van der Waals surface area contributed by atoms with Gasteiger partial charge in [-0.05, 0) is 19.3 Å². The maximum Gasteiger partial charge on any atom is 0.0691 e. The Hall–Kier alpha value is -0.550. The van der Waals surface area contributed by atoms with Crippen LogP contribution in [-0.4, -0.2) is 11.2 Å². The molecule has 0 unspecified atom stereocenters. The summed E-state index contributed by atoms with van der Waals surface area (Å²) in [5.41, 5.74) is -0.160. The molecule has 2 heteroatoms. The van der Waals surface area contributed by atoms with Gasteiger partial charge in [-0.2, -0.15) is 5.26 Å². The third-order valence-electron chi connectivity index (χ3n) is 3.00. The SMILES string of the molecule is CCCCCCC1(C#N)CC(O)C1. The molecule has 1 aliphatic rings. The Kier molecular flexibility index (Phi) is 3.74. The fraction of sp³-hybridized carbons (Fsp3) is 0.909. The highest BCUT2D eigenvalue weighted by Gasteiger charge is 2.43. The van der Waals surface area contributed by atoms with Crippen molar-refractivity contribution < 1.29 is 5.11 Å². The van der Waals surface area contributed by atoms with Crippen molar-refractivity contribution in [2.45, 2.75) is 58.0 Å². The van der Waals surface area contributed by atoms with Crippen molar-refractivity contribution >= 4 is 0 Å². The normalized spacial score (nSPS) is 32.2. The van der Waals surface area contributed by atoms with Crippen molar-refractivity contribution in [2.24, 2.45) is 5.41 Å². The lowest BCUT2D eigenvalue weighted by Gasteiger charge is -2.39. The zero-order valence-electron chi connectivity index (χ0n) is 8.42. The van der Waals surface area contributed by atoms with Gasteiger partial charge in [-0.25, -0.2) is 0 Å². The van der Waals surface area contributed by atoms with Crippen molar-refractivity contribution in [3.05, 3.63) is 0 Å². The minimum atomic E-state index is -0.203. The van der Waals surface area contributed by atoms with Gasteiger partial charge in [-0.15, -0.1) is 0 Å². The molecule has 0 radical (unpaired) electrons. The lowest BCUT2D eigenvalue weighted by molar-refractivity contribution is -0.00286. The van der Waals surface area contributed by atoms with Gasteiger partial charge in [0.15, 0.2) is 0 Å². The van der Waals surface area contributed by atoms with E-state index in [4.69, 9.17) is 10.4 Å². The minimum absolute atomic E-state index is 0.160. The lowest BCUT2D eigenvalue weighted by Crippen LogP contribution is -2.39. The van der Waals surface area contributed by atoms with E-state index >= 15 is 0 Å². The molecule has 74 valence electrons. The van der Waals surface area contributed by atoms with Crippen LogP contribution in [0.25, 0.3) is 0 Å². The van der Waals surface area contributed by atoms with E-state index in [9.17, 15) is 0 Å². The van der Waals surface area contributed by atoms with Crippen LogP contribution in [0.3, 0.4) is 0 Å². The van der Waals surface area contributed by atoms with E-state index in [2.05, 4.69) is 13.0 Å². The highest BCUT2D eigenvalue weighted by molar-refractivity contribution is 5.08. The smallest absolute Gasteiger partial charge is 0.0691 e. The summed E-state index contributed by atoms with van der Waals surface area (Å²) in [4.78, 5) is 0. The molecule has 1 N–H and O–H groups in total. The second-order valence-corrected chi connectivity index (χ2v) is 4.26. The lowest BCUT2D eigenvalue weighted by atomic mass is 9.65. The third-order valence-corrected chi connectivity index (χ3v) is 3.00. The number of rotatable bonds is 5. The fourth-order valence-electron chi connectivity index (χ4n) is 2.08. The summed E-state index contributed by atoms with van der Waals surface area (Å²) in [6.45, 7) is 2.19. The first kappa shape index (κ1) is 10.5. The number of nitriles is 1. The van der Waals surface area contributed by atoms with Crippen LogP contribution in [0.15, 0.2) is 0 Å². The molecule has 0 bridgehead atoms. The van der Waals surface area contributed by atoms with Crippen LogP contribution in [0, 0.1) is 16.7 Å². The number of aliphatic hydroxyl groups excluding tert-OH is 1. The maximum absolute atomic E-state index is 9.17.